The van der Waals surface area contributed by atoms with E-state index in [4.69, 9.17) is 0 Å². The molecule has 0 unspecified atom stereocenters. The Balaban J connectivity index is 1.09. The molecule has 0 aliphatic heterocycles. The first-order valence-corrected chi connectivity index (χ1v) is 24.7. The van der Waals surface area contributed by atoms with Crippen molar-refractivity contribution < 1.29 is 0 Å². The van der Waals surface area contributed by atoms with Gasteiger partial charge >= 0.3 is 0 Å². The van der Waals surface area contributed by atoms with Gasteiger partial charge in [0.25, 0.3) is 0 Å². The molecule has 9 aromatic rings. The molecule has 0 amide bonds. The highest BCUT2D eigenvalue weighted by molar-refractivity contribution is 5.99. The number of fused-ring (bicyclic) bond motifs is 4. The summed E-state index contributed by atoms with van der Waals surface area (Å²) in [6, 6.07) is 80.8. The lowest BCUT2D eigenvalue weighted by Crippen LogP contribution is -2.29. The minimum Gasteiger partial charge on any atom is -0.310 e. The summed E-state index contributed by atoms with van der Waals surface area (Å²) >= 11 is 0. The van der Waals surface area contributed by atoms with Gasteiger partial charge in [0.15, 0.2) is 0 Å². The van der Waals surface area contributed by atoms with Crippen molar-refractivity contribution in [3.05, 3.63) is 246 Å². The summed E-state index contributed by atoms with van der Waals surface area (Å²) < 4.78 is 0. The van der Waals surface area contributed by atoms with E-state index in [-0.39, 0.29) is 0 Å². The third-order valence-corrected chi connectivity index (χ3v) is 15.5. The van der Waals surface area contributed by atoms with Crippen molar-refractivity contribution in [3.63, 3.8) is 0 Å². The largest absolute Gasteiger partial charge is 0.310 e. The van der Waals surface area contributed by atoms with E-state index in [2.05, 4.69) is 217 Å². The molecule has 0 spiro atoms. The van der Waals surface area contributed by atoms with Crippen LogP contribution in [0.3, 0.4) is 0 Å². The Labute approximate surface area is 391 Å². The molecule has 2 saturated carbocycles. The second-order valence-electron chi connectivity index (χ2n) is 19.2. The zero-order valence-corrected chi connectivity index (χ0v) is 37.9. The molecule has 1 nitrogen and oxygen atoms in total. The fraction of sp³-hybridized carbons (Fsp3) is 0.200. The Morgan fingerprint density at radius 3 is 1.55 bits per heavy atom. The highest BCUT2D eigenvalue weighted by Gasteiger charge is 2.47. The van der Waals surface area contributed by atoms with Gasteiger partial charge in [0.05, 0.1) is 11.1 Å². The Hall–Kier alpha value is -6.96. The lowest BCUT2D eigenvalue weighted by molar-refractivity contribution is 0.443. The first kappa shape index (κ1) is 40.5. The average Bonchev–Trinajstić information content (AvgIpc) is 3.70. The Bertz CT molecular complexity index is 3080. The van der Waals surface area contributed by atoms with Gasteiger partial charge in [0.2, 0.25) is 0 Å². The Kier molecular flexibility index (Phi) is 10.7. The minimum atomic E-state index is -0.515. The second-order valence-corrected chi connectivity index (χ2v) is 19.2. The van der Waals surface area contributed by atoms with E-state index in [1.807, 2.05) is 0 Å². The zero-order chi connectivity index (χ0) is 43.9. The van der Waals surface area contributed by atoms with Crippen LogP contribution in [0.1, 0.15) is 109 Å². The van der Waals surface area contributed by atoms with E-state index in [9.17, 15) is 0 Å². The molecule has 3 aliphatic carbocycles. The van der Waals surface area contributed by atoms with Crippen molar-refractivity contribution in [2.45, 2.75) is 81.5 Å². The van der Waals surface area contributed by atoms with E-state index in [0.717, 1.165) is 17.1 Å². The monoisotopic (exact) mass is 851 g/mol. The van der Waals surface area contributed by atoms with Crippen LogP contribution in [0.4, 0.5) is 17.1 Å². The molecule has 66 heavy (non-hydrogen) atoms. The molecule has 0 radical (unpaired) electrons. The van der Waals surface area contributed by atoms with Gasteiger partial charge in [-0.2, -0.15) is 0 Å². The van der Waals surface area contributed by atoms with Crippen LogP contribution in [0.2, 0.25) is 0 Å². The van der Waals surface area contributed by atoms with Crippen LogP contribution in [-0.4, -0.2) is 0 Å². The molecule has 0 saturated heterocycles. The molecule has 0 N–H and O–H groups in total. The van der Waals surface area contributed by atoms with Crippen LogP contribution in [0.25, 0.3) is 44.2 Å². The predicted molar refractivity (Wildman–Crippen MR) is 278 cm³/mol. The summed E-state index contributed by atoms with van der Waals surface area (Å²) in [5, 5.41) is 2.46. The Morgan fingerprint density at radius 2 is 0.909 bits per heavy atom. The average molecular weight is 852 g/mol. The Morgan fingerprint density at radius 1 is 0.364 bits per heavy atom. The summed E-state index contributed by atoms with van der Waals surface area (Å²) in [7, 11) is 0. The lowest BCUT2D eigenvalue weighted by atomic mass is 9.67. The number of benzene rings is 9. The summed E-state index contributed by atoms with van der Waals surface area (Å²) in [5.41, 5.74) is 19.0. The number of hydrogen-bond acceptors (Lipinski definition) is 1. The van der Waals surface area contributed by atoms with Gasteiger partial charge in [-0.05, 0) is 146 Å². The maximum atomic E-state index is 2.56. The maximum absolute atomic E-state index is 2.56. The van der Waals surface area contributed by atoms with Gasteiger partial charge in [-0.15, -0.1) is 0 Å². The van der Waals surface area contributed by atoms with Crippen molar-refractivity contribution in [1.29, 1.82) is 0 Å². The normalized spacial score (nSPS) is 15.9. The van der Waals surface area contributed by atoms with Crippen LogP contribution < -0.4 is 4.90 Å². The zero-order valence-electron chi connectivity index (χ0n) is 37.9. The summed E-state index contributed by atoms with van der Waals surface area (Å²) in [5.74, 6) is 1.26. The van der Waals surface area contributed by atoms with Crippen molar-refractivity contribution in [2.75, 3.05) is 4.90 Å². The van der Waals surface area contributed by atoms with Gasteiger partial charge in [-0.3, -0.25) is 0 Å². The first-order valence-electron chi connectivity index (χ1n) is 24.7. The van der Waals surface area contributed by atoms with Gasteiger partial charge < -0.3 is 4.90 Å². The molecular formula is C65H57N. The lowest BCUT2D eigenvalue weighted by Gasteiger charge is -2.35. The summed E-state index contributed by atoms with van der Waals surface area (Å²) in [6.07, 6.45) is 13.2. The van der Waals surface area contributed by atoms with E-state index < -0.39 is 5.41 Å². The SMILES string of the molecule is c1ccc(-c2cc3ccccc3cc2N(c2ccc(-c3ccc(C4CCCCC4)cc3)cc2)c2ccc3c(c2)C(c2ccccc2)(c2ccccc2)c2cccc(C4CCCCC4)c2-3)cc1. The van der Waals surface area contributed by atoms with Crippen LogP contribution in [0.15, 0.2) is 212 Å². The van der Waals surface area contributed by atoms with Crippen LogP contribution in [0.5, 0.6) is 0 Å². The number of hydrogen-bond donors (Lipinski definition) is 0. The minimum absolute atomic E-state index is 0.515. The first-order chi connectivity index (χ1) is 32.7. The summed E-state index contributed by atoms with van der Waals surface area (Å²) in [6.45, 7) is 0. The van der Waals surface area contributed by atoms with E-state index in [1.165, 1.54) is 142 Å². The maximum Gasteiger partial charge on any atom is 0.0714 e. The van der Waals surface area contributed by atoms with Crippen molar-refractivity contribution >= 4 is 27.8 Å². The highest BCUT2D eigenvalue weighted by Crippen LogP contribution is 2.60. The van der Waals surface area contributed by atoms with Crippen molar-refractivity contribution in [1.82, 2.24) is 0 Å². The molecule has 3 aliphatic rings. The molecule has 1 heteroatoms. The smallest absolute Gasteiger partial charge is 0.0714 e. The topological polar surface area (TPSA) is 3.24 Å². The predicted octanol–water partition coefficient (Wildman–Crippen LogP) is 18.1. The third kappa shape index (κ3) is 7.08. The third-order valence-electron chi connectivity index (χ3n) is 15.5. The van der Waals surface area contributed by atoms with Crippen LogP contribution >= 0.6 is 0 Å². The van der Waals surface area contributed by atoms with E-state index >= 15 is 0 Å². The number of anilines is 3. The molecule has 12 rings (SSSR count). The van der Waals surface area contributed by atoms with Gasteiger partial charge in [-0.1, -0.05) is 214 Å². The molecule has 0 bridgehead atoms. The van der Waals surface area contributed by atoms with Crippen molar-refractivity contribution in [3.8, 4) is 33.4 Å². The molecule has 9 aromatic carbocycles. The molecule has 322 valence electrons. The van der Waals surface area contributed by atoms with Gasteiger partial charge in [0.1, 0.15) is 0 Å². The summed E-state index contributed by atoms with van der Waals surface area (Å²) in [4.78, 5) is 2.54. The molecule has 2 fully saturated rings. The standard InChI is InChI=1S/C65H57N/c1-6-19-46(20-7-1)47-33-35-48(36-34-47)49-37-39-56(40-38-49)66(63-44-53-26-17-16-25-52(53)43-60(63)51-23-10-3-11-24-51)57-41-42-59-62(45-57)65(54-27-12-4-13-28-54,55-29-14-5-15-30-55)61-32-18-31-58(64(59)61)50-21-8-2-9-22-50/h3-5,10-18,23-46,50H,1-2,6-9,19-22H2. The molecule has 0 aromatic heterocycles. The molecule has 0 atom stereocenters. The fourth-order valence-corrected chi connectivity index (χ4v) is 12.3. The second kappa shape index (κ2) is 17.4. The van der Waals surface area contributed by atoms with Crippen LogP contribution in [-0.2, 0) is 5.41 Å². The van der Waals surface area contributed by atoms with Gasteiger partial charge in [-0.25, -0.2) is 0 Å². The van der Waals surface area contributed by atoms with Gasteiger partial charge in [0, 0.05) is 16.9 Å². The highest BCUT2D eigenvalue weighted by atomic mass is 15.1. The van der Waals surface area contributed by atoms with E-state index in [0.29, 0.717) is 11.8 Å². The van der Waals surface area contributed by atoms with E-state index in [1.54, 1.807) is 0 Å². The fourth-order valence-electron chi connectivity index (χ4n) is 12.3. The molecule has 0 heterocycles. The van der Waals surface area contributed by atoms with Crippen molar-refractivity contribution in [2.24, 2.45) is 0 Å². The number of rotatable bonds is 9. The molecular weight excluding hydrogens is 795 g/mol. The van der Waals surface area contributed by atoms with Crippen LogP contribution in [0, 0.1) is 0 Å². The quantitative estimate of drug-likeness (QED) is 0.140. The number of nitrogens with zero attached hydrogens (tertiary/aromatic N) is 1.